The van der Waals surface area contributed by atoms with E-state index in [1.54, 1.807) is 80.7 Å². The molecule has 3 aliphatic carbocycles. The van der Waals surface area contributed by atoms with Crippen LogP contribution >= 0.6 is 0 Å². The Labute approximate surface area is 432 Å². The number of hydrazone groups is 1. The molecule has 74 heavy (non-hydrogen) atoms. The molecule has 1 fully saturated rings. The predicted molar refractivity (Wildman–Crippen MR) is 279 cm³/mol. The molecule has 0 spiro atoms. The number of hydrogen-bond donors (Lipinski definition) is 1. The number of rotatable bonds is 27. The van der Waals surface area contributed by atoms with E-state index < -0.39 is 47.2 Å². The minimum absolute atomic E-state index is 0.0364. The molecular weight excluding hydrogens is 945 g/mol. The molecule has 15 nitrogen and oxygen atoms in total. The summed E-state index contributed by atoms with van der Waals surface area (Å²) in [5.74, 6) is -0.734. The molecule has 5 unspecified atom stereocenters. The lowest BCUT2D eigenvalue weighted by atomic mass is 9.83. The SMILES string of the molecule is C=CC(=O)OCCCCOCC(COc1ccc(C(=O)Oc2ccc(CCOC(=O)c3ccc(OC(C)(C)CC(C)(C)OC(=O)C=C)cc3)cc2/C=[NH+]/N=C2C3C=CC=CC3C3C=CC=CC23)cc1)OC(=O)C=C. The van der Waals surface area contributed by atoms with E-state index in [1.807, 2.05) is 32.1 Å². The van der Waals surface area contributed by atoms with Crippen LogP contribution in [0, 0.1) is 23.7 Å². The lowest BCUT2D eigenvalue weighted by molar-refractivity contribution is -0.456. The Morgan fingerprint density at radius 2 is 1.27 bits per heavy atom. The molecule has 3 aromatic rings. The van der Waals surface area contributed by atoms with Crippen molar-refractivity contribution in [3.63, 3.8) is 0 Å². The molecule has 1 saturated carbocycles. The maximum Gasteiger partial charge on any atom is 0.343 e. The van der Waals surface area contributed by atoms with Gasteiger partial charge in [-0.05, 0) is 124 Å². The summed E-state index contributed by atoms with van der Waals surface area (Å²) in [6.45, 7) is 18.3. The topological polar surface area (TPSA) is 186 Å². The third kappa shape index (κ3) is 16.6. The lowest BCUT2D eigenvalue weighted by Crippen LogP contribution is -2.63. The number of carbonyl (C=O) groups excluding carboxylic acids is 5. The maximum atomic E-state index is 13.7. The first-order valence-corrected chi connectivity index (χ1v) is 24.5. The van der Waals surface area contributed by atoms with Crippen LogP contribution in [0.2, 0.25) is 0 Å². The molecule has 0 aromatic heterocycles. The summed E-state index contributed by atoms with van der Waals surface area (Å²) in [5.41, 5.74) is 1.43. The van der Waals surface area contributed by atoms with Gasteiger partial charge in [-0.15, -0.1) is 5.10 Å². The molecule has 15 heteroatoms. The second kappa shape index (κ2) is 26.7. The number of ether oxygens (including phenoxy) is 8. The molecule has 1 N–H and O–H groups in total. The highest BCUT2D eigenvalue weighted by Crippen LogP contribution is 2.45. The molecule has 3 aliphatic rings. The van der Waals surface area contributed by atoms with Gasteiger partial charge in [-0.2, -0.15) is 0 Å². The number of fused-ring (bicyclic) bond motifs is 3. The van der Waals surface area contributed by atoms with Gasteiger partial charge in [0.05, 0.1) is 42.2 Å². The van der Waals surface area contributed by atoms with Crippen molar-refractivity contribution in [3.05, 3.63) is 176 Å². The van der Waals surface area contributed by atoms with Gasteiger partial charge < -0.3 is 37.9 Å². The maximum absolute atomic E-state index is 13.7. The Balaban J connectivity index is 1.09. The van der Waals surface area contributed by atoms with Crippen LogP contribution in [0.3, 0.4) is 0 Å². The van der Waals surface area contributed by atoms with Crippen LogP contribution in [-0.4, -0.2) is 92.1 Å². The van der Waals surface area contributed by atoms with Crippen molar-refractivity contribution in [2.24, 2.45) is 28.8 Å². The summed E-state index contributed by atoms with van der Waals surface area (Å²) in [6, 6.07) is 18.3. The summed E-state index contributed by atoms with van der Waals surface area (Å²) in [6.07, 6.45) is 23.2. The fraction of sp³-hybridized carbons (Fsp3) is 0.339. The highest BCUT2D eigenvalue weighted by atomic mass is 16.6. The van der Waals surface area contributed by atoms with E-state index in [0.717, 1.165) is 29.5 Å². The van der Waals surface area contributed by atoms with E-state index in [0.29, 0.717) is 66.8 Å². The molecule has 0 amide bonds. The van der Waals surface area contributed by atoms with Crippen molar-refractivity contribution in [1.29, 1.82) is 0 Å². The molecule has 3 aromatic carbocycles. The number of unbranched alkanes of at least 4 members (excludes halogenated alkanes) is 1. The average molecular weight is 1010 g/mol. The van der Waals surface area contributed by atoms with Gasteiger partial charge in [0.25, 0.3) is 0 Å². The van der Waals surface area contributed by atoms with Crippen molar-refractivity contribution in [1.82, 2.24) is 0 Å². The van der Waals surface area contributed by atoms with Crippen LogP contribution in [0.5, 0.6) is 17.2 Å². The summed E-state index contributed by atoms with van der Waals surface area (Å²) in [5, 5.41) is 8.05. The minimum atomic E-state index is -0.803. The van der Waals surface area contributed by atoms with Gasteiger partial charge in [0.2, 0.25) is 6.21 Å². The first-order chi connectivity index (χ1) is 35.6. The first-order valence-electron chi connectivity index (χ1n) is 24.5. The highest BCUT2D eigenvalue weighted by molar-refractivity contribution is 5.96. The normalized spacial score (nSPS) is 17.8. The number of nitrogens with one attached hydrogen (secondary N) is 1. The fourth-order valence-electron chi connectivity index (χ4n) is 8.93. The molecule has 0 bridgehead atoms. The standard InChI is InChI=1S/C59H64N2O13/c1-8-52(62)68-33-16-15-32-67-37-46(71-53(63)9-2)38-70-44-26-22-42(23-27-44)57(66)72-51-30-21-40(35-43(51)36-60-61-55-49-19-13-11-17-47(49)48-18-12-14-20-50(48)55)31-34-69-56(65)41-24-28-45(29-25-41)73-58(4,5)39-59(6,7)74-54(64)10-3/h8-14,17-30,35-36,46-50H,1-3,15-16,31-34,37-39H2,4-7H3/p+1/b60-36+,61-55?. The molecule has 5 atom stereocenters. The smallest absolute Gasteiger partial charge is 0.343 e. The summed E-state index contributed by atoms with van der Waals surface area (Å²) in [7, 11) is 0. The number of carbonyl (C=O) groups is 5. The van der Waals surface area contributed by atoms with Crippen LogP contribution in [0.25, 0.3) is 0 Å². The van der Waals surface area contributed by atoms with E-state index in [1.165, 1.54) is 0 Å². The zero-order valence-corrected chi connectivity index (χ0v) is 42.4. The molecule has 388 valence electrons. The van der Waals surface area contributed by atoms with Gasteiger partial charge in [-0.25, -0.2) is 24.0 Å². The van der Waals surface area contributed by atoms with Gasteiger partial charge in [-0.1, -0.05) is 74.4 Å². The van der Waals surface area contributed by atoms with Gasteiger partial charge in [0.1, 0.15) is 35.1 Å². The molecule has 0 radical (unpaired) electrons. The highest BCUT2D eigenvalue weighted by Gasteiger charge is 2.46. The summed E-state index contributed by atoms with van der Waals surface area (Å²) >= 11 is 0. The van der Waals surface area contributed by atoms with E-state index in [-0.39, 0.29) is 49.6 Å². The molecule has 0 aliphatic heterocycles. The fourth-order valence-corrected chi connectivity index (χ4v) is 8.93. The van der Waals surface area contributed by atoms with E-state index in [2.05, 4.69) is 61.3 Å². The Morgan fingerprint density at radius 1 is 0.662 bits per heavy atom. The van der Waals surface area contributed by atoms with Crippen molar-refractivity contribution in [2.45, 2.75) is 70.7 Å². The Morgan fingerprint density at radius 3 is 1.92 bits per heavy atom. The number of benzene rings is 3. The third-order valence-corrected chi connectivity index (χ3v) is 12.0. The lowest BCUT2D eigenvalue weighted by Gasteiger charge is -2.34. The Hall–Kier alpha value is -7.91. The zero-order valence-electron chi connectivity index (χ0n) is 42.4. The van der Waals surface area contributed by atoms with E-state index in [4.69, 9.17) is 43.0 Å². The molecule has 0 saturated heterocycles. The number of esters is 5. The van der Waals surface area contributed by atoms with Crippen molar-refractivity contribution in [3.8, 4) is 17.2 Å². The number of hydrogen-bond acceptors (Lipinski definition) is 14. The Kier molecular flexibility index (Phi) is 20.0. The monoisotopic (exact) mass is 1010 g/mol. The van der Waals surface area contributed by atoms with E-state index >= 15 is 0 Å². The number of nitrogens with zero attached hydrogens (tertiary/aromatic N) is 1. The first kappa shape index (κ1) is 55.4. The van der Waals surface area contributed by atoms with Crippen LogP contribution in [0.15, 0.2) is 158 Å². The van der Waals surface area contributed by atoms with Crippen LogP contribution in [0.4, 0.5) is 0 Å². The minimum Gasteiger partial charge on any atom is -0.490 e. The second-order valence-corrected chi connectivity index (χ2v) is 18.9. The molecular formula is C59H65N2O13+. The van der Waals surface area contributed by atoms with Crippen LogP contribution < -0.4 is 19.3 Å². The van der Waals surface area contributed by atoms with Crippen LogP contribution in [-0.2, 0) is 44.5 Å². The van der Waals surface area contributed by atoms with Gasteiger partial charge in [-0.3, -0.25) is 0 Å². The quantitative estimate of drug-likeness (QED) is 0.0148. The zero-order chi connectivity index (χ0) is 53.1. The van der Waals surface area contributed by atoms with Gasteiger partial charge in [0, 0.05) is 49.5 Å². The summed E-state index contributed by atoms with van der Waals surface area (Å²) in [4.78, 5) is 61.9. The van der Waals surface area contributed by atoms with Crippen molar-refractivity contribution < 1.29 is 67.0 Å². The molecule has 0 heterocycles. The van der Waals surface area contributed by atoms with Gasteiger partial charge in [0.15, 0.2) is 6.10 Å². The predicted octanol–water partition coefficient (Wildman–Crippen LogP) is 7.95. The average Bonchev–Trinajstić information content (AvgIpc) is 3.70. The Bertz CT molecular complexity index is 2650. The van der Waals surface area contributed by atoms with E-state index in [9.17, 15) is 24.0 Å². The van der Waals surface area contributed by atoms with Crippen molar-refractivity contribution >= 4 is 41.8 Å². The van der Waals surface area contributed by atoms with Crippen molar-refractivity contribution in [2.75, 3.05) is 33.0 Å². The van der Waals surface area contributed by atoms with Gasteiger partial charge >= 0.3 is 29.8 Å². The summed E-state index contributed by atoms with van der Waals surface area (Å²) < 4.78 is 45.3. The largest absolute Gasteiger partial charge is 0.490 e. The van der Waals surface area contributed by atoms with Crippen LogP contribution in [0.1, 0.15) is 78.8 Å². The molecule has 6 rings (SSSR count). The third-order valence-electron chi connectivity index (χ3n) is 12.0. The number of allylic oxidation sites excluding steroid dienone is 8. The second-order valence-electron chi connectivity index (χ2n) is 18.9.